The zero-order valence-corrected chi connectivity index (χ0v) is 14.0. The summed E-state index contributed by atoms with van der Waals surface area (Å²) in [5, 5.41) is 7.37. The molecule has 1 aromatic carbocycles. The van der Waals surface area contributed by atoms with Crippen molar-refractivity contribution >= 4 is 5.91 Å². The molecule has 1 amide bonds. The highest BCUT2D eigenvalue weighted by Crippen LogP contribution is 2.17. The highest BCUT2D eigenvalue weighted by atomic mass is 16.2. The van der Waals surface area contributed by atoms with Crippen LogP contribution in [0.2, 0.25) is 0 Å². The zero-order chi connectivity index (χ0) is 16.9. The molecule has 1 N–H and O–H groups in total. The molecule has 24 heavy (non-hydrogen) atoms. The molecule has 0 radical (unpaired) electrons. The van der Waals surface area contributed by atoms with Gasteiger partial charge in [0.25, 0.3) is 5.56 Å². The first kappa shape index (κ1) is 16.4. The van der Waals surface area contributed by atoms with Crippen LogP contribution < -0.4 is 10.9 Å². The Bertz CT molecular complexity index is 759. The molecule has 0 saturated heterocycles. The molecule has 1 saturated carbocycles. The minimum Gasteiger partial charge on any atom is -0.352 e. The number of nitrogens with one attached hydrogen (secondary N) is 1. The third-order valence-corrected chi connectivity index (χ3v) is 4.48. The Balaban J connectivity index is 1.72. The lowest BCUT2D eigenvalue weighted by atomic mass is 9.95. The van der Waals surface area contributed by atoms with Gasteiger partial charge < -0.3 is 5.32 Å². The van der Waals surface area contributed by atoms with Gasteiger partial charge in [-0.25, -0.2) is 4.68 Å². The first-order chi connectivity index (χ1) is 11.6. The van der Waals surface area contributed by atoms with Crippen LogP contribution in [0, 0.1) is 6.92 Å². The number of benzene rings is 1. The topological polar surface area (TPSA) is 64.0 Å². The number of hydrogen-bond acceptors (Lipinski definition) is 3. The van der Waals surface area contributed by atoms with Gasteiger partial charge in [-0.2, -0.15) is 5.10 Å². The predicted molar refractivity (Wildman–Crippen MR) is 93.7 cm³/mol. The molecule has 1 aromatic heterocycles. The molecule has 2 aromatic rings. The molecule has 5 nitrogen and oxygen atoms in total. The van der Waals surface area contributed by atoms with E-state index in [0.29, 0.717) is 5.69 Å². The van der Waals surface area contributed by atoms with E-state index in [1.807, 2.05) is 31.2 Å². The average molecular weight is 325 g/mol. The van der Waals surface area contributed by atoms with E-state index in [-0.39, 0.29) is 24.1 Å². The van der Waals surface area contributed by atoms with Crippen molar-refractivity contribution in [2.24, 2.45) is 0 Å². The van der Waals surface area contributed by atoms with Crippen LogP contribution in [0.4, 0.5) is 0 Å². The first-order valence-electron chi connectivity index (χ1n) is 8.56. The molecule has 0 spiro atoms. The van der Waals surface area contributed by atoms with Crippen molar-refractivity contribution in [2.45, 2.75) is 51.6 Å². The highest BCUT2D eigenvalue weighted by molar-refractivity contribution is 5.76. The molecule has 126 valence electrons. The molecular formula is C19H23N3O2. The van der Waals surface area contributed by atoms with Crippen LogP contribution in [-0.4, -0.2) is 21.7 Å². The van der Waals surface area contributed by atoms with Crippen LogP contribution in [0.15, 0.2) is 41.2 Å². The van der Waals surface area contributed by atoms with Gasteiger partial charge in [-0.1, -0.05) is 49.1 Å². The highest BCUT2D eigenvalue weighted by Gasteiger charge is 2.16. The van der Waals surface area contributed by atoms with Crippen LogP contribution in [0.5, 0.6) is 0 Å². The van der Waals surface area contributed by atoms with Crippen LogP contribution >= 0.6 is 0 Å². The van der Waals surface area contributed by atoms with Crippen LogP contribution in [-0.2, 0) is 11.3 Å². The number of rotatable bonds is 4. The predicted octanol–water partition coefficient (Wildman–Crippen LogP) is 2.67. The maximum atomic E-state index is 12.2. The number of amides is 1. The lowest BCUT2D eigenvalue weighted by molar-refractivity contribution is -0.122. The second-order valence-corrected chi connectivity index (χ2v) is 6.48. The van der Waals surface area contributed by atoms with Crippen molar-refractivity contribution in [2.75, 3.05) is 0 Å². The van der Waals surface area contributed by atoms with Gasteiger partial charge in [-0.05, 0) is 25.8 Å². The van der Waals surface area contributed by atoms with Gasteiger partial charge in [0.05, 0.1) is 5.69 Å². The second kappa shape index (κ2) is 7.43. The number of carbonyl (C=O) groups is 1. The Kier molecular flexibility index (Phi) is 5.08. The quantitative estimate of drug-likeness (QED) is 0.940. The molecule has 0 bridgehead atoms. The van der Waals surface area contributed by atoms with Gasteiger partial charge in [0.15, 0.2) is 0 Å². The fourth-order valence-corrected chi connectivity index (χ4v) is 3.10. The zero-order valence-electron chi connectivity index (χ0n) is 14.0. The maximum absolute atomic E-state index is 12.2. The fourth-order valence-electron chi connectivity index (χ4n) is 3.10. The summed E-state index contributed by atoms with van der Waals surface area (Å²) in [5.41, 5.74) is 2.53. The fraction of sp³-hybridized carbons (Fsp3) is 0.421. The van der Waals surface area contributed by atoms with E-state index in [4.69, 9.17) is 0 Å². The summed E-state index contributed by atoms with van der Waals surface area (Å²) in [6, 6.07) is 11.3. The summed E-state index contributed by atoms with van der Waals surface area (Å²) in [6.07, 6.45) is 5.61. The Morgan fingerprint density at radius 1 is 1.12 bits per heavy atom. The van der Waals surface area contributed by atoms with Crippen molar-refractivity contribution in [1.29, 1.82) is 0 Å². The molecule has 0 unspecified atom stereocenters. The van der Waals surface area contributed by atoms with E-state index in [2.05, 4.69) is 10.4 Å². The van der Waals surface area contributed by atoms with E-state index < -0.39 is 0 Å². The van der Waals surface area contributed by atoms with Gasteiger partial charge in [0.1, 0.15) is 6.54 Å². The molecule has 5 heteroatoms. The monoisotopic (exact) mass is 325 g/mol. The Labute approximate surface area is 141 Å². The van der Waals surface area contributed by atoms with E-state index in [1.165, 1.54) is 22.7 Å². The summed E-state index contributed by atoms with van der Waals surface area (Å²) >= 11 is 0. The molecule has 0 atom stereocenters. The number of aromatic nitrogens is 2. The van der Waals surface area contributed by atoms with Gasteiger partial charge in [0, 0.05) is 17.7 Å². The lowest BCUT2D eigenvalue weighted by Gasteiger charge is -2.22. The second-order valence-electron chi connectivity index (χ2n) is 6.48. The van der Waals surface area contributed by atoms with Crippen molar-refractivity contribution in [3.8, 4) is 11.3 Å². The molecule has 1 aliphatic carbocycles. The summed E-state index contributed by atoms with van der Waals surface area (Å²) < 4.78 is 1.24. The molecule has 1 aliphatic rings. The molecule has 0 aliphatic heterocycles. The smallest absolute Gasteiger partial charge is 0.267 e. The van der Waals surface area contributed by atoms with Gasteiger partial charge in [0.2, 0.25) is 5.91 Å². The summed E-state index contributed by atoms with van der Waals surface area (Å²) in [6.45, 7) is 1.99. The minimum absolute atomic E-state index is 0.0327. The van der Waals surface area contributed by atoms with Gasteiger partial charge in [-0.15, -0.1) is 0 Å². The van der Waals surface area contributed by atoms with Crippen LogP contribution in [0.25, 0.3) is 11.3 Å². The number of carbonyl (C=O) groups excluding carboxylic acids is 1. The molecule has 3 rings (SSSR count). The van der Waals surface area contributed by atoms with Crippen molar-refractivity contribution in [3.05, 3.63) is 52.3 Å². The van der Waals surface area contributed by atoms with Crippen LogP contribution in [0.1, 0.15) is 37.7 Å². The number of hydrogen-bond donors (Lipinski definition) is 1. The largest absolute Gasteiger partial charge is 0.352 e. The van der Waals surface area contributed by atoms with E-state index in [9.17, 15) is 9.59 Å². The number of aryl methyl sites for hydroxylation is 1. The van der Waals surface area contributed by atoms with Gasteiger partial charge in [-0.3, -0.25) is 9.59 Å². The minimum atomic E-state index is -0.260. The SMILES string of the molecule is Cc1ccc(-c2ccc(=O)n(CC(=O)NC3CCCCC3)n2)cc1. The van der Waals surface area contributed by atoms with Gasteiger partial charge >= 0.3 is 0 Å². The summed E-state index contributed by atoms with van der Waals surface area (Å²) in [5.74, 6) is -0.141. The van der Waals surface area contributed by atoms with E-state index in [0.717, 1.165) is 31.2 Å². The third kappa shape index (κ3) is 4.10. The Hall–Kier alpha value is -2.43. The standard InChI is InChI=1S/C19H23N3O2/c1-14-7-9-15(10-8-14)17-11-12-19(24)22(21-17)13-18(23)20-16-5-3-2-4-6-16/h7-12,16H,2-6,13H2,1H3,(H,20,23). The Morgan fingerprint density at radius 3 is 2.54 bits per heavy atom. The number of nitrogens with zero attached hydrogens (tertiary/aromatic N) is 2. The summed E-state index contributed by atoms with van der Waals surface area (Å²) in [7, 11) is 0. The van der Waals surface area contributed by atoms with Crippen LogP contribution in [0.3, 0.4) is 0 Å². The lowest BCUT2D eigenvalue weighted by Crippen LogP contribution is -2.40. The van der Waals surface area contributed by atoms with Crippen molar-refractivity contribution in [3.63, 3.8) is 0 Å². The van der Waals surface area contributed by atoms with E-state index >= 15 is 0 Å². The summed E-state index contributed by atoms with van der Waals surface area (Å²) in [4.78, 5) is 24.2. The molecule has 1 fully saturated rings. The average Bonchev–Trinajstić information content (AvgIpc) is 2.58. The van der Waals surface area contributed by atoms with Crippen molar-refractivity contribution in [1.82, 2.24) is 15.1 Å². The maximum Gasteiger partial charge on any atom is 0.267 e. The van der Waals surface area contributed by atoms with E-state index in [1.54, 1.807) is 6.07 Å². The first-order valence-corrected chi connectivity index (χ1v) is 8.56. The molecular weight excluding hydrogens is 302 g/mol. The normalized spacial score (nSPS) is 15.2. The molecule has 1 heterocycles. The van der Waals surface area contributed by atoms with Crippen molar-refractivity contribution < 1.29 is 4.79 Å². The Morgan fingerprint density at radius 2 is 1.83 bits per heavy atom. The third-order valence-electron chi connectivity index (χ3n) is 4.48.